The van der Waals surface area contributed by atoms with Crippen molar-refractivity contribution in [1.29, 1.82) is 5.26 Å². The van der Waals surface area contributed by atoms with E-state index in [2.05, 4.69) is 20.9 Å². The Bertz CT molecular complexity index is 1330. The number of hydrogen-bond donors (Lipinski definition) is 0. The van der Waals surface area contributed by atoms with Crippen molar-refractivity contribution < 1.29 is 9.53 Å². The van der Waals surface area contributed by atoms with E-state index in [0.717, 1.165) is 47.4 Å². The summed E-state index contributed by atoms with van der Waals surface area (Å²) in [5, 5.41) is 9.97. The maximum Gasteiger partial charge on any atom is 0.239 e. The summed E-state index contributed by atoms with van der Waals surface area (Å²) in [5.74, 6) is 0.584. The number of fused-ring (bicyclic) bond motifs is 1. The number of benzene rings is 1. The highest BCUT2D eigenvalue weighted by molar-refractivity contribution is 5.89. The Morgan fingerprint density at radius 3 is 2.71 bits per heavy atom. The van der Waals surface area contributed by atoms with E-state index in [1.54, 1.807) is 11.8 Å². The lowest BCUT2D eigenvalue weighted by Crippen LogP contribution is -2.49. The maximum absolute atomic E-state index is 12.2. The van der Waals surface area contributed by atoms with Gasteiger partial charge < -0.3 is 9.64 Å². The zero-order valence-corrected chi connectivity index (χ0v) is 19.6. The lowest BCUT2D eigenvalue weighted by Gasteiger charge is -2.35. The van der Waals surface area contributed by atoms with Gasteiger partial charge in [-0.25, -0.2) is 4.98 Å². The minimum absolute atomic E-state index is 0.0825. The predicted octanol–water partition coefficient (Wildman–Crippen LogP) is 3.69. The molecule has 0 spiro atoms. The number of nitriles is 1. The number of allylic oxidation sites excluding steroid dienone is 1. The molecule has 8 heteroatoms. The average Bonchev–Trinajstić information content (AvgIpc) is 3.44. The third-order valence-corrected chi connectivity index (χ3v) is 6.32. The fourth-order valence-corrected chi connectivity index (χ4v) is 4.27. The summed E-state index contributed by atoms with van der Waals surface area (Å²) in [6.07, 6.45) is 5.63. The molecule has 1 aromatic carbocycles. The summed E-state index contributed by atoms with van der Waals surface area (Å²) in [7, 11) is 0. The van der Waals surface area contributed by atoms with Crippen molar-refractivity contribution in [3.8, 4) is 17.7 Å². The minimum atomic E-state index is -0.586. The molecule has 2 aliphatic rings. The molecule has 1 atom stereocenters. The molecular formula is C27H26N6O2. The van der Waals surface area contributed by atoms with Crippen LogP contribution < -0.4 is 4.74 Å². The molecule has 1 fully saturated rings. The molecule has 0 aliphatic carbocycles. The first kappa shape index (κ1) is 22.7. The van der Waals surface area contributed by atoms with Crippen molar-refractivity contribution >= 4 is 28.6 Å². The number of nitrogens with zero attached hydrogens (tertiary/aromatic N) is 6. The molecule has 35 heavy (non-hydrogen) atoms. The molecule has 0 N–H and O–H groups in total. The topological polar surface area (TPSA) is 94.7 Å². The summed E-state index contributed by atoms with van der Waals surface area (Å²) in [4.78, 5) is 29.7. The average molecular weight is 467 g/mol. The summed E-state index contributed by atoms with van der Waals surface area (Å²) in [6.45, 7) is 5.89. The van der Waals surface area contributed by atoms with Crippen LogP contribution in [0.2, 0.25) is 0 Å². The predicted molar refractivity (Wildman–Crippen MR) is 134 cm³/mol. The Morgan fingerprint density at radius 2 is 2.00 bits per heavy atom. The fraction of sp³-hybridized carbons (Fsp3) is 0.296. The normalized spacial score (nSPS) is 16.7. The standard InChI is InChI=1S/C27H26N6O2/c1-19(15-28)27(34)33-12-10-32(11-13-33)18-23-4-2-20-14-24(5-6-25(20)31-23)35-26-7-3-21(17-30-26)22-8-9-29-16-22/h2-9,14,17,19H,10-13,16,18H2,1H3. The SMILES string of the molecule is CC(C#N)C(=O)N1CCN(Cc2ccc3cc(Oc4ccc(C5=CC=NC5)cn4)ccc3n2)CC1. The second-order valence-corrected chi connectivity index (χ2v) is 8.78. The second-order valence-electron chi connectivity index (χ2n) is 8.78. The van der Waals surface area contributed by atoms with Crippen LogP contribution in [-0.4, -0.2) is 64.6 Å². The van der Waals surface area contributed by atoms with E-state index in [1.165, 1.54) is 0 Å². The molecular weight excluding hydrogens is 440 g/mol. The Hall–Kier alpha value is -4.09. The first-order valence-corrected chi connectivity index (χ1v) is 11.7. The molecule has 3 aromatic rings. The third-order valence-electron chi connectivity index (χ3n) is 6.32. The van der Waals surface area contributed by atoms with Crippen LogP contribution in [0.4, 0.5) is 0 Å². The smallest absolute Gasteiger partial charge is 0.239 e. The molecule has 0 saturated carbocycles. The Labute approximate surface area is 204 Å². The van der Waals surface area contributed by atoms with Gasteiger partial charge in [-0.3, -0.25) is 19.7 Å². The van der Waals surface area contributed by atoms with Gasteiger partial charge in [0.15, 0.2) is 0 Å². The van der Waals surface area contributed by atoms with Crippen LogP contribution in [0.15, 0.2) is 59.7 Å². The molecule has 0 bridgehead atoms. The van der Waals surface area contributed by atoms with Crippen molar-refractivity contribution in [1.82, 2.24) is 19.8 Å². The minimum Gasteiger partial charge on any atom is -0.439 e. The number of hydrogen-bond acceptors (Lipinski definition) is 7. The number of rotatable bonds is 6. The van der Waals surface area contributed by atoms with Crippen molar-refractivity contribution in [2.75, 3.05) is 32.7 Å². The second kappa shape index (κ2) is 10.0. The van der Waals surface area contributed by atoms with Crippen molar-refractivity contribution in [2.24, 2.45) is 10.9 Å². The molecule has 4 heterocycles. The number of aliphatic imine (C=N–C) groups is 1. The summed E-state index contributed by atoms with van der Waals surface area (Å²) in [5.41, 5.74) is 4.09. The van der Waals surface area contributed by atoms with Gasteiger partial charge >= 0.3 is 0 Å². The van der Waals surface area contributed by atoms with E-state index < -0.39 is 5.92 Å². The van der Waals surface area contributed by atoms with Crippen molar-refractivity contribution in [3.63, 3.8) is 0 Å². The molecule has 1 saturated heterocycles. The lowest BCUT2D eigenvalue weighted by molar-refractivity contribution is -0.135. The monoisotopic (exact) mass is 466 g/mol. The van der Waals surface area contributed by atoms with Gasteiger partial charge in [-0.15, -0.1) is 0 Å². The number of carbonyl (C=O) groups excluding carboxylic acids is 1. The van der Waals surface area contributed by atoms with Crippen molar-refractivity contribution in [2.45, 2.75) is 13.5 Å². The van der Waals surface area contributed by atoms with Gasteiger partial charge in [-0.05, 0) is 54.5 Å². The van der Waals surface area contributed by atoms with Gasteiger partial charge in [0.1, 0.15) is 11.7 Å². The molecule has 1 unspecified atom stereocenters. The van der Waals surface area contributed by atoms with Crippen LogP contribution in [0.5, 0.6) is 11.6 Å². The quantitative estimate of drug-likeness (QED) is 0.550. The largest absolute Gasteiger partial charge is 0.439 e. The third kappa shape index (κ3) is 5.20. The lowest BCUT2D eigenvalue weighted by atomic mass is 10.1. The van der Waals surface area contributed by atoms with Crippen LogP contribution in [-0.2, 0) is 11.3 Å². The first-order chi connectivity index (χ1) is 17.1. The van der Waals surface area contributed by atoms with E-state index in [1.807, 2.05) is 61.0 Å². The number of amides is 1. The molecule has 2 aromatic heterocycles. The fourth-order valence-electron chi connectivity index (χ4n) is 4.27. The summed E-state index contributed by atoms with van der Waals surface area (Å²) >= 11 is 0. The molecule has 5 rings (SSSR count). The molecule has 2 aliphatic heterocycles. The maximum atomic E-state index is 12.2. The van der Waals surface area contributed by atoms with Crippen LogP contribution in [0.1, 0.15) is 18.2 Å². The highest BCUT2D eigenvalue weighted by Gasteiger charge is 2.24. The number of pyridine rings is 2. The van der Waals surface area contributed by atoms with Gasteiger partial charge in [-0.1, -0.05) is 6.07 Å². The van der Waals surface area contributed by atoms with Crippen LogP contribution in [0.3, 0.4) is 0 Å². The molecule has 176 valence electrons. The highest BCUT2D eigenvalue weighted by atomic mass is 16.5. The number of aromatic nitrogens is 2. The van der Waals surface area contributed by atoms with Gasteiger partial charge in [0.2, 0.25) is 11.8 Å². The van der Waals surface area contributed by atoms with Crippen LogP contribution in [0, 0.1) is 17.2 Å². The van der Waals surface area contributed by atoms with E-state index in [0.29, 0.717) is 31.3 Å². The van der Waals surface area contributed by atoms with Gasteiger partial charge in [0.05, 0.1) is 23.8 Å². The Balaban J connectivity index is 1.19. The van der Waals surface area contributed by atoms with E-state index in [4.69, 9.17) is 15.0 Å². The van der Waals surface area contributed by atoms with Crippen LogP contribution >= 0.6 is 0 Å². The van der Waals surface area contributed by atoms with Crippen molar-refractivity contribution in [3.05, 3.63) is 66.0 Å². The summed E-state index contributed by atoms with van der Waals surface area (Å²) in [6, 6.07) is 15.8. The van der Waals surface area contributed by atoms with Gasteiger partial charge in [0.25, 0.3) is 0 Å². The number of piperazine rings is 1. The summed E-state index contributed by atoms with van der Waals surface area (Å²) < 4.78 is 5.96. The number of ether oxygens (including phenoxy) is 1. The first-order valence-electron chi connectivity index (χ1n) is 11.7. The molecule has 0 radical (unpaired) electrons. The van der Waals surface area contributed by atoms with Crippen LogP contribution in [0.25, 0.3) is 16.5 Å². The van der Waals surface area contributed by atoms with E-state index in [9.17, 15) is 4.79 Å². The van der Waals surface area contributed by atoms with E-state index >= 15 is 0 Å². The van der Waals surface area contributed by atoms with E-state index in [-0.39, 0.29) is 5.91 Å². The molecule has 8 nitrogen and oxygen atoms in total. The zero-order chi connectivity index (χ0) is 24.2. The Morgan fingerprint density at radius 1 is 1.14 bits per heavy atom. The Kier molecular flexibility index (Phi) is 6.51. The highest BCUT2D eigenvalue weighted by Crippen LogP contribution is 2.26. The van der Waals surface area contributed by atoms with Gasteiger partial charge in [0, 0.05) is 56.6 Å². The van der Waals surface area contributed by atoms with Gasteiger partial charge in [-0.2, -0.15) is 5.26 Å². The zero-order valence-electron chi connectivity index (χ0n) is 19.6. The molecule has 1 amide bonds. The number of carbonyl (C=O) groups is 1.